The fraction of sp³-hybridized carbons (Fsp3) is 0.435. The summed E-state index contributed by atoms with van der Waals surface area (Å²) in [6.45, 7) is 4.66. The second kappa shape index (κ2) is 11.6. The summed E-state index contributed by atoms with van der Waals surface area (Å²) in [6, 6.07) is 13.7. The maximum Gasteiger partial charge on any atom is 0.243 e. The number of ether oxygens (including phenoxy) is 2. The number of sulfonamides is 1. The van der Waals surface area contributed by atoms with Crippen LogP contribution in [-0.4, -0.2) is 46.9 Å². The highest BCUT2D eigenvalue weighted by Gasteiger charge is 2.31. The first-order chi connectivity index (χ1) is 14.8. The van der Waals surface area contributed by atoms with Crippen molar-refractivity contribution in [3.63, 3.8) is 0 Å². The van der Waals surface area contributed by atoms with Gasteiger partial charge in [-0.3, -0.25) is 9.10 Å². The number of carbonyl (C=O) groups excluding carboxylic acids is 1. The van der Waals surface area contributed by atoms with Crippen LogP contribution < -0.4 is 19.1 Å². The summed E-state index contributed by atoms with van der Waals surface area (Å²) in [5.41, 5.74) is 1.58. The van der Waals surface area contributed by atoms with Crippen LogP contribution in [0.1, 0.15) is 32.3 Å². The van der Waals surface area contributed by atoms with Crippen molar-refractivity contribution in [1.29, 1.82) is 0 Å². The lowest BCUT2D eigenvalue weighted by molar-refractivity contribution is -0.122. The number of nitrogens with one attached hydrogen (secondary N) is 1. The number of benzene rings is 2. The van der Waals surface area contributed by atoms with E-state index in [9.17, 15) is 13.2 Å². The fourth-order valence-electron chi connectivity index (χ4n) is 3.33. The lowest BCUT2D eigenvalue weighted by atomic mass is 10.1. The van der Waals surface area contributed by atoms with E-state index in [1.807, 2.05) is 31.2 Å². The van der Waals surface area contributed by atoms with E-state index in [0.717, 1.165) is 30.4 Å². The predicted octanol–water partition coefficient (Wildman–Crippen LogP) is 3.39. The van der Waals surface area contributed by atoms with Gasteiger partial charge in [0.1, 0.15) is 17.5 Å². The number of anilines is 1. The molecule has 0 aliphatic heterocycles. The van der Waals surface area contributed by atoms with E-state index in [1.54, 1.807) is 38.3 Å². The Balaban J connectivity index is 2.02. The summed E-state index contributed by atoms with van der Waals surface area (Å²) in [4.78, 5) is 12.8. The molecule has 0 spiro atoms. The summed E-state index contributed by atoms with van der Waals surface area (Å²) in [6.07, 6.45) is 3.01. The first-order valence-electron chi connectivity index (χ1n) is 10.4. The van der Waals surface area contributed by atoms with Gasteiger partial charge >= 0.3 is 0 Å². The summed E-state index contributed by atoms with van der Waals surface area (Å²) in [5, 5.41) is 2.89. The third-order valence-electron chi connectivity index (χ3n) is 4.83. The van der Waals surface area contributed by atoms with Crippen molar-refractivity contribution in [1.82, 2.24) is 5.32 Å². The number of aryl methyl sites for hydroxylation is 1. The lowest BCUT2D eigenvalue weighted by Gasteiger charge is -2.30. The molecule has 0 radical (unpaired) electrons. The molecule has 0 saturated carbocycles. The maximum absolute atomic E-state index is 12.8. The molecule has 0 saturated heterocycles. The molecule has 0 unspecified atom stereocenters. The SMILES string of the molecule is CCOc1ccc(N([C@H](CC)C(=O)NCCCc2ccc(OC)cc2)S(C)(=O)=O)cc1. The molecule has 0 heterocycles. The van der Waals surface area contributed by atoms with Crippen LogP contribution >= 0.6 is 0 Å². The monoisotopic (exact) mass is 448 g/mol. The van der Waals surface area contributed by atoms with E-state index in [0.29, 0.717) is 31.0 Å². The molecule has 8 heteroatoms. The Labute approximate surface area is 185 Å². The minimum absolute atomic E-state index is 0.309. The Morgan fingerprint density at radius 2 is 1.65 bits per heavy atom. The minimum Gasteiger partial charge on any atom is -0.497 e. The molecule has 2 aromatic carbocycles. The van der Waals surface area contributed by atoms with E-state index < -0.39 is 16.1 Å². The number of carbonyl (C=O) groups is 1. The topological polar surface area (TPSA) is 84.9 Å². The van der Waals surface area contributed by atoms with Gasteiger partial charge < -0.3 is 14.8 Å². The van der Waals surface area contributed by atoms with Crippen LogP contribution in [0.4, 0.5) is 5.69 Å². The molecule has 31 heavy (non-hydrogen) atoms. The van der Waals surface area contributed by atoms with Crippen molar-refractivity contribution in [2.45, 2.75) is 39.2 Å². The zero-order chi connectivity index (χ0) is 22.9. The molecule has 7 nitrogen and oxygen atoms in total. The van der Waals surface area contributed by atoms with Crippen LogP contribution in [0.15, 0.2) is 48.5 Å². The zero-order valence-electron chi connectivity index (χ0n) is 18.6. The Hall–Kier alpha value is -2.74. The molecule has 0 bridgehead atoms. The van der Waals surface area contributed by atoms with E-state index in [4.69, 9.17) is 9.47 Å². The van der Waals surface area contributed by atoms with Crippen molar-refractivity contribution in [3.05, 3.63) is 54.1 Å². The summed E-state index contributed by atoms with van der Waals surface area (Å²) in [7, 11) is -2.03. The molecule has 0 aliphatic carbocycles. The molecule has 1 N–H and O–H groups in total. The van der Waals surface area contributed by atoms with Crippen LogP contribution in [0, 0.1) is 0 Å². The van der Waals surface area contributed by atoms with Crippen molar-refractivity contribution >= 4 is 21.6 Å². The zero-order valence-corrected chi connectivity index (χ0v) is 19.4. The van der Waals surface area contributed by atoms with E-state index in [-0.39, 0.29) is 5.91 Å². The number of rotatable bonds is 12. The lowest BCUT2D eigenvalue weighted by Crippen LogP contribution is -2.49. The average molecular weight is 449 g/mol. The highest BCUT2D eigenvalue weighted by Crippen LogP contribution is 2.25. The summed E-state index contributed by atoms with van der Waals surface area (Å²) >= 11 is 0. The molecule has 1 amide bonds. The molecule has 2 aromatic rings. The van der Waals surface area contributed by atoms with E-state index >= 15 is 0 Å². The van der Waals surface area contributed by atoms with Gasteiger partial charge in [-0.2, -0.15) is 0 Å². The van der Waals surface area contributed by atoms with Crippen LogP contribution in [0.25, 0.3) is 0 Å². The van der Waals surface area contributed by atoms with Gasteiger partial charge in [-0.05, 0) is 68.1 Å². The highest BCUT2D eigenvalue weighted by molar-refractivity contribution is 7.92. The van der Waals surface area contributed by atoms with Crippen LogP contribution in [0.2, 0.25) is 0 Å². The molecule has 170 valence electrons. The van der Waals surface area contributed by atoms with E-state index in [1.165, 1.54) is 4.31 Å². The molecular weight excluding hydrogens is 416 g/mol. The fourth-order valence-corrected chi connectivity index (χ4v) is 4.54. The number of hydrogen-bond acceptors (Lipinski definition) is 5. The van der Waals surface area contributed by atoms with Gasteiger partial charge in [0.15, 0.2) is 0 Å². The first kappa shape index (κ1) is 24.5. The van der Waals surface area contributed by atoms with Crippen molar-refractivity contribution in [2.24, 2.45) is 0 Å². The Morgan fingerprint density at radius 1 is 1.03 bits per heavy atom. The van der Waals surface area contributed by atoms with Crippen molar-refractivity contribution in [3.8, 4) is 11.5 Å². The van der Waals surface area contributed by atoms with Gasteiger partial charge in [-0.25, -0.2) is 8.42 Å². The third kappa shape index (κ3) is 7.17. The van der Waals surface area contributed by atoms with Crippen molar-refractivity contribution < 1.29 is 22.7 Å². The van der Waals surface area contributed by atoms with Crippen LogP contribution in [-0.2, 0) is 21.2 Å². The van der Waals surface area contributed by atoms with Gasteiger partial charge in [0, 0.05) is 6.54 Å². The maximum atomic E-state index is 12.8. The van der Waals surface area contributed by atoms with Crippen molar-refractivity contribution in [2.75, 3.05) is 30.8 Å². The molecule has 2 rings (SSSR count). The second-order valence-corrected chi connectivity index (χ2v) is 9.01. The summed E-state index contributed by atoms with van der Waals surface area (Å²) < 4.78 is 36.8. The first-order valence-corrected chi connectivity index (χ1v) is 12.3. The van der Waals surface area contributed by atoms with Crippen LogP contribution in [0.5, 0.6) is 11.5 Å². The number of methoxy groups -OCH3 is 1. The predicted molar refractivity (Wildman–Crippen MR) is 123 cm³/mol. The quantitative estimate of drug-likeness (QED) is 0.503. The minimum atomic E-state index is -3.66. The van der Waals surface area contributed by atoms with E-state index in [2.05, 4.69) is 5.32 Å². The normalized spacial score (nSPS) is 12.1. The Bertz CT molecular complexity index is 927. The second-order valence-electron chi connectivity index (χ2n) is 7.15. The molecule has 0 aromatic heterocycles. The largest absolute Gasteiger partial charge is 0.497 e. The van der Waals surface area contributed by atoms with Gasteiger partial charge in [0.05, 0.1) is 25.7 Å². The summed E-state index contributed by atoms with van der Waals surface area (Å²) in [5.74, 6) is 1.14. The van der Waals surface area contributed by atoms with Gasteiger partial charge in [0.25, 0.3) is 0 Å². The third-order valence-corrected chi connectivity index (χ3v) is 6.01. The number of hydrogen-bond donors (Lipinski definition) is 1. The standard InChI is InChI=1S/C23H32N2O5S/c1-5-22(23(26)24-17-7-8-18-9-13-20(29-3)14-10-18)25(31(4,27)28)19-11-15-21(16-12-19)30-6-2/h9-16,22H,5-8,17H2,1-4H3,(H,24,26)/t22-/m1/s1. The number of nitrogens with zero attached hydrogens (tertiary/aromatic N) is 1. The smallest absolute Gasteiger partial charge is 0.243 e. The highest BCUT2D eigenvalue weighted by atomic mass is 32.2. The van der Waals surface area contributed by atoms with Gasteiger partial charge in [-0.1, -0.05) is 19.1 Å². The molecule has 0 fully saturated rings. The Morgan fingerprint density at radius 3 is 2.16 bits per heavy atom. The van der Waals surface area contributed by atoms with Gasteiger partial charge in [-0.15, -0.1) is 0 Å². The van der Waals surface area contributed by atoms with Gasteiger partial charge in [0.2, 0.25) is 15.9 Å². The molecule has 1 atom stereocenters. The number of amides is 1. The molecular formula is C23H32N2O5S. The average Bonchev–Trinajstić information content (AvgIpc) is 2.75. The van der Waals surface area contributed by atoms with Crippen LogP contribution in [0.3, 0.4) is 0 Å². The molecule has 0 aliphatic rings. The Kier molecular flexibility index (Phi) is 9.18.